The highest BCUT2D eigenvalue weighted by molar-refractivity contribution is 9.13. The second kappa shape index (κ2) is 9.52. The zero-order valence-electron chi connectivity index (χ0n) is 18.8. The molecule has 0 amide bonds. The number of anilines is 1. The quantitative estimate of drug-likeness (QED) is 0.399. The minimum absolute atomic E-state index is 0.0712. The lowest BCUT2D eigenvalue weighted by molar-refractivity contribution is 0.0529. The topological polar surface area (TPSA) is 102 Å². The van der Waals surface area contributed by atoms with E-state index in [1.165, 1.54) is 14.2 Å². The molecule has 1 aromatic carbocycles. The molecule has 0 radical (unpaired) electrons. The van der Waals surface area contributed by atoms with E-state index >= 15 is 0 Å². The number of carbonyl (C=O) groups excluding carboxylic acids is 2. The van der Waals surface area contributed by atoms with E-state index in [1.54, 1.807) is 30.5 Å². The molecule has 0 saturated heterocycles. The van der Waals surface area contributed by atoms with Crippen LogP contribution >= 0.6 is 31.9 Å². The number of halogens is 2. The molecule has 0 spiro atoms. The Kier molecular flexibility index (Phi) is 6.84. The maximum atomic E-state index is 13.0. The molecular weight excluding hydrogens is 572 g/mol. The number of nitrogens with zero attached hydrogens (tertiary/aromatic N) is 2. The van der Waals surface area contributed by atoms with Crippen LogP contribution in [0.5, 0.6) is 0 Å². The molecule has 3 heterocycles. The van der Waals surface area contributed by atoms with Crippen LogP contribution in [0.25, 0.3) is 11.3 Å². The molecule has 8 nitrogen and oxygen atoms in total. The van der Waals surface area contributed by atoms with Crippen LogP contribution in [0.4, 0.5) is 5.69 Å². The molecule has 34 heavy (non-hydrogen) atoms. The fourth-order valence-corrected chi connectivity index (χ4v) is 4.98. The Balaban J connectivity index is 2.18. The molecule has 3 aromatic rings. The maximum absolute atomic E-state index is 13.0. The van der Waals surface area contributed by atoms with Crippen LogP contribution in [0.3, 0.4) is 0 Å². The summed E-state index contributed by atoms with van der Waals surface area (Å²) in [6.45, 7) is 3.83. The summed E-state index contributed by atoms with van der Waals surface area (Å²) in [5.74, 6) is -1.60. The van der Waals surface area contributed by atoms with Crippen LogP contribution in [-0.2, 0) is 9.47 Å². The number of furan rings is 1. The lowest BCUT2D eigenvalue weighted by atomic mass is 9.95. The van der Waals surface area contributed by atoms with Crippen molar-refractivity contribution in [2.24, 2.45) is 0 Å². The van der Waals surface area contributed by atoms with Gasteiger partial charge in [0.2, 0.25) is 5.76 Å². The molecule has 4 rings (SSSR count). The Hall–Kier alpha value is -2.69. The molecule has 10 heteroatoms. The first-order valence-corrected chi connectivity index (χ1v) is 12.0. The summed E-state index contributed by atoms with van der Waals surface area (Å²) < 4.78 is 17.4. The normalized spacial score (nSPS) is 17.1. The van der Waals surface area contributed by atoms with Crippen molar-refractivity contribution in [1.29, 1.82) is 0 Å². The van der Waals surface area contributed by atoms with Crippen molar-refractivity contribution >= 4 is 49.5 Å². The van der Waals surface area contributed by atoms with Gasteiger partial charge in [0.25, 0.3) is 0 Å². The number of pyridine rings is 1. The molecule has 0 saturated carbocycles. The number of esters is 2. The second-order valence-corrected chi connectivity index (χ2v) is 9.67. The number of carbonyl (C=O) groups is 2. The minimum atomic E-state index is -1.05. The van der Waals surface area contributed by atoms with E-state index in [1.807, 2.05) is 24.8 Å². The smallest absolute Gasteiger partial charge is 0.374 e. The zero-order chi connectivity index (χ0) is 24.7. The van der Waals surface area contributed by atoms with Gasteiger partial charge in [-0.05, 0) is 75.5 Å². The number of hydrogen-bond donors (Lipinski definition) is 1. The highest BCUT2D eigenvalue weighted by atomic mass is 79.9. The number of benzene rings is 1. The highest BCUT2D eigenvalue weighted by Gasteiger charge is 2.44. The van der Waals surface area contributed by atoms with E-state index in [4.69, 9.17) is 13.9 Å². The number of aliphatic hydroxyl groups is 1. The van der Waals surface area contributed by atoms with E-state index in [9.17, 15) is 14.7 Å². The molecule has 0 fully saturated rings. The predicted molar refractivity (Wildman–Crippen MR) is 132 cm³/mol. The van der Waals surface area contributed by atoms with Crippen LogP contribution in [0.15, 0.2) is 49.9 Å². The SMILES string of the molecule is COC(=O)c1oc2c(c1C(=O)OC)N(C(C)C)[C@H](c1ccccn1)[C@@H](O)c1cc(Br)c(Br)cc1-2. The third kappa shape index (κ3) is 3.93. The van der Waals surface area contributed by atoms with E-state index in [0.29, 0.717) is 27.0 Å². The van der Waals surface area contributed by atoms with E-state index in [2.05, 4.69) is 36.8 Å². The third-order valence-corrected chi connectivity index (χ3v) is 7.55. The van der Waals surface area contributed by atoms with Gasteiger partial charge in [0.15, 0.2) is 5.76 Å². The fourth-order valence-electron chi connectivity index (χ4n) is 4.28. The molecule has 1 aliphatic rings. The number of rotatable bonds is 4. The van der Waals surface area contributed by atoms with Crippen LogP contribution < -0.4 is 4.90 Å². The van der Waals surface area contributed by atoms with Gasteiger partial charge in [0.05, 0.1) is 19.9 Å². The average Bonchev–Trinajstić information content (AvgIpc) is 3.18. The molecule has 2 aromatic heterocycles. The van der Waals surface area contributed by atoms with Gasteiger partial charge in [0.1, 0.15) is 23.4 Å². The number of methoxy groups -OCH3 is 2. The van der Waals surface area contributed by atoms with Gasteiger partial charge in [-0.1, -0.05) is 6.07 Å². The molecule has 0 unspecified atom stereocenters. The van der Waals surface area contributed by atoms with Crippen molar-refractivity contribution in [3.8, 4) is 11.3 Å². The molecule has 178 valence electrons. The van der Waals surface area contributed by atoms with Gasteiger partial charge >= 0.3 is 11.9 Å². The summed E-state index contributed by atoms with van der Waals surface area (Å²) in [5, 5.41) is 11.7. The first-order valence-electron chi connectivity index (χ1n) is 10.4. The monoisotopic (exact) mass is 592 g/mol. The summed E-state index contributed by atoms with van der Waals surface area (Å²) in [4.78, 5) is 32.0. The van der Waals surface area contributed by atoms with Gasteiger partial charge in [-0.15, -0.1) is 0 Å². The Morgan fingerprint density at radius 1 is 1.12 bits per heavy atom. The number of ether oxygens (including phenoxy) is 2. The van der Waals surface area contributed by atoms with E-state index < -0.39 is 24.1 Å². The predicted octanol–water partition coefficient (Wildman–Crippen LogP) is 5.44. The summed E-state index contributed by atoms with van der Waals surface area (Å²) in [7, 11) is 2.44. The zero-order valence-corrected chi connectivity index (χ0v) is 22.0. The molecule has 2 atom stereocenters. The molecule has 0 bridgehead atoms. The van der Waals surface area contributed by atoms with Gasteiger partial charge < -0.3 is 23.9 Å². The number of hydrogen-bond acceptors (Lipinski definition) is 8. The average molecular weight is 594 g/mol. The lowest BCUT2D eigenvalue weighted by Gasteiger charge is -2.37. The first kappa shape index (κ1) is 24.4. The largest absolute Gasteiger partial charge is 0.465 e. The minimum Gasteiger partial charge on any atom is -0.465 e. The van der Waals surface area contributed by atoms with Crippen LogP contribution in [-0.4, -0.2) is 42.3 Å². The number of fused-ring (bicyclic) bond motifs is 3. The van der Waals surface area contributed by atoms with E-state index in [-0.39, 0.29) is 23.1 Å². The second-order valence-electron chi connectivity index (χ2n) is 7.97. The van der Waals surface area contributed by atoms with E-state index in [0.717, 1.165) is 4.47 Å². The standard InChI is InChI=1S/C24H22Br2N2O6/c1-11(2)28-18(16-7-5-6-8-27-16)20(29)12-9-14(25)15(26)10-13(12)21-19(28)17(23(30)32-3)22(34-21)24(31)33-4/h5-11,18,20,29H,1-4H3/t18-,20+/m1/s1. The third-order valence-electron chi connectivity index (χ3n) is 5.70. The molecule has 0 aliphatic carbocycles. The Morgan fingerprint density at radius 2 is 1.79 bits per heavy atom. The van der Waals surface area contributed by atoms with Gasteiger partial charge in [-0.2, -0.15) is 0 Å². The Morgan fingerprint density at radius 3 is 2.38 bits per heavy atom. The Labute approximate surface area is 213 Å². The number of aliphatic hydroxyl groups excluding tert-OH is 1. The highest BCUT2D eigenvalue weighted by Crippen LogP contribution is 2.53. The molecule has 1 N–H and O–H groups in total. The van der Waals surface area contributed by atoms with Crippen molar-refractivity contribution in [2.75, 3.05) is 19.1 Å². The van der Waals surface area contributed by atoms with Crippen molar-refractivity contribution in [1.82, 2.24) is 4.98 Å². The van der Waals surface area contributed by atoms with Crippen molar-refractivity contribution < 1.29 is 28.6 Å². The van der Waals surface area contributed by atoms with Crippen molar-refractivity contribution in [3.63, 3.8) is 0 Å². The van der Waals surface area contributed by atoms with Crippen molar-refractivity contribution in [2.45, 2.75) is 32.0 Å². The summed E-state index contributed by atoms with van der Waals surface area (Å²) in [6, 6.07) is 8.02. The number of aromatic nitrogens is 1. The molecule has 1 aliphatic heterocycles. The van der Waals surface area contributed by atoms with Gasteiger partial charge in [-0.25, -0.2) is 9.59 Å². The summed E-state index contributed by atoms with van der Waals surface area (Å²) >= 11 is 7.02. The van der Waals surface area contributed by atoms with Gasteiger partial charge in [-0.3, -0.25) is 4.98 Å². The fraction of sp³-hybridized carbons (Fsp3) is 0.292. The lowest BCUT2D eigenvalue weighted by Crippen LogP contribution is -2.39. The van der Waals surface area contributed by atoms with Crippen LogP contribution in [0, 0.1) is 0 Å². The maximum Gasteiger partial charge on any atom is 0.374 e. The molecular formula is C24H22Br2N2O6. The Bertz CT molecular complexity index is 1260. The summed E-state index contributed by atoms with van der Waals surface area (Å²) in [6.07, 6.45) is 0.590. The first-order chi connectivity index (χ1) is 16.2. The van der Waals surface area contributed by atoms with Gasteiger partial charge in [0, 0.05) is 26.7 Å². The van der Waals surface area contributed by atoms with Crippen molar-refractivity contribution in [3.05, 3.63) is 68.1 Å². The van der Waals surface area contributed by atoms with Crippen LogP contribution in [0.1, 0.15) is 58.2 Å². The van der Waals surface area contributed by atoms with Crippen LogP contribution in [0.2, 0.25) is 0 Å². The summed E-state index contributed by atoms with van der Waals surface area (Å²) in [5.41, 5.74) is 1.89.